The van der Waals surface area contributed by atoms with Crippen molar-refractivity contribution in [2.24, 2.45) is 0 Å². The van der Waals surface area contributed by atoms with Gasteiger partial charge < -0.3 is 0 Å². The van der Waals surface area contributed by atoms with Crippen LogP contribution in [-0.4, -0.2) is 9.78 Å². The predicted molar refractivity (Wildman–Crippen MR) is 54.9 cm³/mol. The zero-order chi connectivity index (χ0) is 10.3. The fraction of sp³-hybridized carbons (Fsp3) is 0.600. The number of hydrogen-bond donors (Lipinski definition) is 0. The molecule has 0 aliphatic rings. The number of aromatic nitrogens is 2. The highest BCUT2D eigenvalue weighted by Crippen LogP contribution is 1.86. The molecular weight excluding hydrogens is 164 g/mol. The molecule has 0 aromatic carbocycles. The van der Waals surface area contributed by atoms with Crippen LogP contribution in [0.15, 0.2) is 17.1 Å². The third kappa shape index (κ3) is 3.40. The lowest BCUT2D eigenvalue weighted by atomic mass is 10.3. The van der Waals surface area contributed by atoms with Crippen LogP contribution in [-0.2, 0) is 6.54 Å². The van der Waals surface area contributed by atoms with Crippen molar-refractivity contribution in [2.45, 2.75) is 40.7 Å². The zero-order valence-electron chi connectivity index (χ0n) is 8.87. The summed E-state index contributed by atoms with van der Waals surface area (Å²) < 4.78 is 1.50. The Morgan fingerprint density at radius 3 is 2.62 bits per heavy atom. The van der Waals surface area contributed by atoms with Gasteiger partial charge in [0.1, 0.15) is 0 Å². The Morgan fingerprint density at radius 2 is 2.08 bits per heavy atom. The molecular formula is C10H18N2O. The second-order valence-electron chi connectivity index (χ2n) is 2.54. The van der Waals surface area contributed by atoms with Crippen LogP contribution in [0.2, 0.25) is 0 Å². The molecule has 0 radical (unpaired) electrons. The van der Waals surface area contributed by atoms with Gasteiger partial charge in [0, 0.05) is 18.3 Å². The van der Waals surface area contributed by atoms with Crippen molar-refractivity contribution in [3.05, 3.63) is 28.2 Å². The lowest BCUT2D eigenvalue weighted by molar-refractivity contribution is 0.564. The Labute approximate surface area is 79.4 Å². The minimum Gasteiger partial charge on any atom is -0.268 e. The van der Waals surface area contributed by atoms with Crippen LogP contribution < -0.4 is 5.56 Å². The van der Waals surface area contributed by atoms with Crippen LogP contribution >= 0.6 is 0 Å². The first-order valence-corrected chi connectivity index (χ1v) is 4.78. The highest BCUT2D eigenvalue weighted by molar-refractivity contribution is 5.02. The van der Waals surface area contributed by atoms with Crippen LogP contribution in [0.3, 0.4) is 0 Å². The molecule has 74 valence electrons. The van der Waals surface area contributed by atoms with Gasteiger partial charge >= 0.3 is 0 Å². The van der Waals surface area contributed by atoms with E-state index < -0.39 is 0 Å². The Balaban J connectivity index is 0.000000671. The van der Waals surface area contributed by atoms with Crippen LogP contribution in [0, 0.1) is 6.92 Å². The molecule has 0 amide bonds. The van der Waals surface area contributed by atoms with Gasteiger partial charge in [0.05, 0.1) is 0 Å². The smallest absolute Gasteiger partial charge is 0.268 e. The monoisotopic (exact) mass is 182 g/mol. The summed E-state index contributed by atoms with van der Waals surface area (Å²) in [6.07, 6.45) is 2.60. The van der Waals surface area contributed by atoms with Gasteiger partial charge in [0.2, 0.25) is 0 Å². The molecule has 0 fully saturated rings. The number of nitrogens with zero attached hydrogens (tertiary/aromatic N) is 2. The molecule has 0 bridgehead atoms. The van der Waals surface area contributed by atoms with Gasteiger partial charge in [-0.15, -0.1) is 0 Å². The fourth-order valence-electron chi connectivity index (χ4n) is 0.924. The highest BCUT2D eigenvalue weighted by atomic mass is 16.1. The summed E-state index contributed by atoms with van der Waals surface area (Å²) in [6.45, 7) is 8.53. The summed E-state index contributed by atoms with van der Waals surface area (Å²) in [5.41, 5.74) is 0.780. The second kappa shape index (κ2) is 6.40. The minimum absolute atomic E-state index is 0.0225. The number of hydrogen-bond acceptors (Lipinski definition) is 2. The van der Waals surface area contributed by atoms with Gasteiger partial charge in [-0.2, -0.15) is 5.10 Å². The average Bonchev–Trinajstić information content (AvgIpc) is 2.17. The maximum atomic E-state index is 11.3. The Kier molecular flexibility index (Phi) is 5.85. The molecule has 3 nitrogen and oxygen atoms in total. The summed E-state index contributed by atoms with van der Waals surface area (Å²) in [6, 6.07) is 1.73. The Hall–Kier alpha value is -1.12. The van der Waals surface area contributed by atoms with E-state index in [1.807, 2.05) is 20.8 Å². The summed E-state index contributed by atoms with van der Waals surface area (Å²) in [7, 11) is 0. The topological polar surface area (TPSA) is 34.9 Å². The zero-order valence-corrected chi connectivity index (χ0v) is 8.87. The van der Waals surface area contributed by atoms with Crippen molar-refractivity contribution in [3.8, 4) is 0 Å². The van der Waals surface area contributed by atoms with Gasteiger partial charge in [0.15, 0.2) is 0 Å². The Morgan fingerprint density at radius 1 is 1.46 bits per heavy atom. The molecule has 1 heterocycles. The van der Waals surface area contributed by atoms with E-state index in [2.05, 4.69) is 5.10 Å². The average molecular weight is 182 g/mol. The standard InChI is InChI=1S/C8H12N2O.C2H6/c1-3-6-10-8(11)7(2)4-5-9-10;1-2/h4-5H,3,6H2,1-2H3;1-2H3. The van der Waals surface area contributed by atoms with E-state index in [1.54, 1.807) is 19.2 Å². The lowest BCUT2D eigenvalue weighted by Gasteiger charge is -2.00. The molecule has 0 saturated heterocycles. The van der Waals surface area contributed by atoms with Gasteiger partial charge in [-0.3, -0.25) is 4.79 Å². The summed E-state index contributed by atoms with van der Waals surface area (Å²) >= 11 is 0. The van der Waals surface area contributed by atoms with E-state index in [0.717, 1.165) is 12.0 Å². The first kappa shape index (κ1) is 11.9. The first-order valence-electron chi connectivity index (χ1n) is 4.78. The molecule has 0 unspecified atom stereocenters. The molecule has 0 N–H and O–H groups in total. The third-order valence-electron chi connectivity index (χ3n) is 1.54. The van der Waals surface area contributed by atoms with Crippen LogP contribution in [0.25, 0.3) is 0 Å². The Bertz CT molecular complexity index is 291. The number of rotatable bonds is 2. The van der Waals surface area contributed by atoms with Crippen LogP contribution in [0.4, 0.5) is 0 Å². The molecule has 0 atom stereocenters. The van der Waals surface area contributed by atoms with E-state index >= 15 is 0 Å². The minimum atomic E-state index is 0.0225. The maximum absolute atomic E-state index is 11.3. The highest BCUT2D eigenvalue weighted by Gasteiger charge is 1.96. The van der Waals surface area contributed by atoms with Crippen molar-refractivity contribution in [1.82, 2.24) is 9.78 Å². The van der Waals surface area contributed by atoms with Crippen LogP contribution in [0.5, 0.6) is 0 Å². The quantitative estimate of drug-likeness (QED) is 0.701. The molecule has 1 aromatic heterocycles. The van der Waals surface area contributed by atoms with Crippen molar-refractivity contribution < 1.29 is 0 Å². The van der Waals surface area contributed by atoms with Crippen molar-refractivity contribution >= 4 is 0 Å². The largest absolute Gasteiger partial charge is 0.269 e. The molecule has 1 aromatic rings. The van der Waals surface area contributed by atoms with Crippen molar-refractivity contribution in [1.29, 1.82) is 0 Å². The van der Waals surface area contributed by atoms with E-state index in [1.165, 1.54) is 4.68 Å². The van der Waals surface area contributed by atoms with Gasteiger partial charge in [-0.25, -0.2) is 4.68 Å². The molecule has 3 heteroatoms. The summed E-state index contributed by atoms with van der Waals surface area (Å²) in [5, 5.41) is 3.93. The van der Waals surface area contributed by atoms with Gasteiger partial charge in [-0.05, 0) is 19.4 Å². The maximum Gasteiger partial charge on any atom is 0.269 e. The molecule has 0 saturated carbocycles. The molecule has 0 spiro atoms. The van der Waals surface area contributed by atoms with Gasteiger partial charge in [0.25, 0.3) is 5.56 Å². The molecule has 1 rings (SSSR count). The third-order valence-corrected chi connectivity index (χ3v) is 1.54. The predicted octanol–water partition coefficient (Wildman–Crippen LogP) is 1.99. The lowest BCUT2D eigenvalue weighted by Crippen LogP contribution is -2.23. The van der Waals surface area contributed by atoms with Crippen molar-refractivity contribution in [2.75, 3.05) is 0 Å². The van der Waals surface area contributed by atoms with E-state index in [4.69, 9.17) is 0 Å². The number of aryl methyl sites for hydroxylation is 2. The first-order chi connectivity index (χ1) is 6.25. The summed E-state index contributed by atoms with van der Waals surface area (Å²) in [4.78, 5) is 11.3. The van der Waals surface area contributed by atoms with Crippen molar-refractivity contribution in [3.63, 3.8) is 0 Å². The van der Waals surface area contributed by atoms with Gasteiger partial charge in [-0.1, -0.05) is 20.8 Å². The van der Waals surface area contributed by atoms with Crippen LogP contribution in [0.1, 0.15) is 32.8 Å². The molecule has 13 heavy (non-hydrogen) atoms. The second-order valence-corrected chi connectivity index (χ2v) is 2.54. The van der Waals surface area contributed by atoms with E-state index in [0.29, 0.717) is 6.54 Å². The molecule has 0 aliphatic carbocycles. The fourth-order valence-corrected chi connectivity index (χ4v) is 0.924. The van der Waals surface area contributed by atoms with E-state index in [-0.39, 0.29) is 5.56 Å². The normalized spacial score (nSPS) is 8.92. The summed E-state index contributed by atoms with van der Waals surface area (Å²) in [5.74, 6) is 0. The van der Waals surface area contributed by atoms with E-state index in [9.17, 15) is 4.79 Å². The molecule has 0 aliphatic heterocycles. The SMILES string of the molecule is CC.CCCn1nccc(C)c1=O.